The molecule has 116 valence electrons. The first-order valence-electron chi connectivity index (χ1n) is 7.07. The summed E-state index contributed by atoms with van der Waals surface area (Å²) in [6.45, 7) is 5.62. The predicted octanol–water partition coefficient (Wildman–Crippen LogP) is 3.00. The van der Waals surface area contributed by atoms with Gasteiger partial charge in [0, 0.05) is 6.42 Å². The molecular formula is C16H23NO4. The molecule has 1 amide bonds. The maximum absolute atomic E-state index is 12.0. The quantitative estimate of drug-likeness (QED) is 0.785. The number of rotatable bonds is 7. The Morgan fingerprint density at radius 1 is 1.19 bits per heavy atom. The fourth-order valence-corrected chi connectivity index (χ4v) is 1.70. The minimum atomic E-state index is -0.838. The van der Waals surface area contributed by atoms with Crippen LogP contribution in [0.5, 0.6) is 5.75 Å². The molecule has 1 aromatic rings. The van der Waals surface area contributed by atoms with Gasteiger partial charge in [-0.3, -0.25) is 9.59 Å². The van der Waals surface area contributed by atoms with Crippen molar-refractivity contribution < 1.29 is 19.1 Å². The van der Waals surface area contributed by atoms with Gasteiger partial charge in [-0.15, -0.1) is 0 Å². The van der Waals surface area contributed by atoms with E-state index in [1.54, 1.807) is 25.1 Å². The lowest BCUT2D eigenvalue weighted by Gasteiger charge is -2.15. The zero-order valence-electron chi connectivity index (χ0n) is 13.0. The first-order valence-corrected chi connectivity index (χ1v) is 7.07. The van der Waals surface area contributed by atoms with Gasteiger partial charge < -0.3 is 14.8 Å². The van der Waals surface area contributed by atoms with E-state index >= 15 is 0 Å². The van der Waals surface area contributed by atoms with E-state index in [9.17, 15) is 9.59 Å². The number of ether oxygens (including phenoxy) is 2. The van der Waals surface area contributed by atoms with E-state index in [1.807, 2.05) is 19.9 Å². The summed E-state index contributed by atoms with van der Waals surface area (Å²) in [4.78, 5) is 23.6. The molecule has 0 aliphatic rings. The third kappa shape index (κ3) is 5.85. The molecule has 5 heteroatoms. The second kappa shape index (κ2) is 8.29. The van der Waals surface area contributed by atoms with E-state index in [0.717, 1.165) is 6.42 Å². The zero-order valence-corrected chi connectivity index (χ0v) is 13.0. The van der Waals surface area contributed by atoms with Crippen LogP contribution in [0.2, 0.25) is 0 Å². The van der Waals surface area contributed by atoms with Crippen LogP contribution in [0.25, 0.3) is 0 Å². The van der Waals surface area contributed by atoms with Gasteiger partial charge in [0.2, 0.25) is 0 Å². The van der Waals surface area contributed by atoms with Crippen LogP contribution in [-0.2, 0) is 14.3 Å². The highest BCUT2D eigenvalue weighted by Gasteiger charge is 2.19. The minimum Gasteiger partial charge on any atom is -0.495 e. The topological polar surface area (TPSA) is 64.6 Å². The first kappa shape index (κ1) is 17.0. The number of para-hydroxylation sites is 2. The number of carbonyl (C=O) groups excluding carboxylic acids is 2. The number of hydrogen-bond acceptors (Lipinski definition) is 4. The molecule has 0 aliphatic carbocycles. The monoisotopic (exact) mass is 293 g/mol. The molecule has 21 heavy (non-hydrogen) atoms. The van der Waals surface area contributed by atoms with E-state index in [4.69, 9.17) is 9.47 Å². The van der Waals surface area contributed by atoms with E-state index in [0.29, 0.717) is 23.8 Å². The molecule has 0 bridgehead atoms. The number of carbonyl (C=O) groups is 2. The largest absolute Gasteiger partial charge is 0.495 e. The second-order valence-corrected chi connectivity index (χ2v) is 5.25. The van der Waals surface area contributed by atoms with Gasteiger partial charge in [0.1, 0.15) is 5.75 Å². The summed E-state index contributed by atoms with van der Waals surface area (Å²) in [6, 6.07) is 7.07. The Hall–Kier alpha value is -2.04. The van der Waals surface area contributed by atoms with E-state index in [-0.39, 0.29) is 11.9 Å². The number of esters is 1. The smallest absolute Gasteiger partial charge is 0.306 e. The van der Waals surface area contributed by atoms with Crippen LogP contribution >= 0.6 is 0 Å². The average Bonchev–Trinajstić information content (AvgIpc) is 2.45. The van der Waals surface area contributed by atoms with Crippen LogP contribution in [0, 0.1) is 5.92 Å². The highest BCUT2D eigenvalue weighted by atomic mass is 16.5. The van der Waals surface area contributed by atoms with Gasteiger partial charge in [-0.25, -0.2) is 0 Å². The van der Waals surface area contributed by atoms with Gasteiger partial charge in [0.05, 0.1) is 12.8 Å². The Balaban J connectivity index is 2.53. The van der Waals surface area contributed by atoms with Gasteiger partial charge >= 0.3 is 5.97 Å². The number of anilines is 1. The third-order valence-electron chi connectivity index (χ3n) is 2.97. The molecule has 0 aromatic heterocycles. The average molecular weight is 293 g/mol. The Morgan fingerprint density at radius 2 is 1.86 bits per heavy atom. The molecule has 1 rings (SSSR count). The van der Waals surface area contributed by atoms with Crippen LogP contribution in [0.1, 0.15) is 33.6 Å². The van der Waals surface area contributed by atoms with Gasteiger partial charge in [-0.2, -0.15) is 0 Å². The van der Waals surface area contributed by atoms with E-state index in [2.05, 4.69) is 5.32 Å². The summed E-state index contributed by atoms with van der Waals surface area (Å²) < 4.78 is 10.3. The number of benzene rings is 1. The van der Waals surface area contributed by atoms with Crippen LogP contribution in [-0.4, -0.2) is 25.1 Å². The van der Waals surface area contributed by atoms with Gasteiger partial charge in [-0.1, -0.05) is 26.0 Å². The third-order valence-corrected chi connectivity index (χ3v) is 2.97. The van der Waals surface area contributed by atoms with Gasteiger partial charge in [0.15, 0.2) is 6.10 Å². The van der Waals surface area contributed by atoms with Crippen molar-refractivity contribution in [2.75, 3.05) is 12.4 Å². The minimum absolute atomic E-state index is 0.323. The maximum atomic E-state index is 12.0. The summed E-state index contributed by atoms with van der Waals surface area (Å²) in [5.74, 6) is 0.253. The van der Waals surface area contributed by atoms with Crippen LogP contribution in [0.4, 0.5) is 5.69 Å². The lowest BCUT2D eigenvalue weighted by Crippen LogP contribution is -2.30. The SMILES string of the molecule is COc1ccccc1NC(=O)[C@H](C)OC(=O)CCC(C)C. The highest BCUT2D eigenvalue weighted by molar-refractivity contribution is 5.96. The van der Waals surface area contributed by atoms with Crippen LogP contribution in [0.15, 0.2) is 24.3 Å². The van der Waals surface area contributed by atoms with Crippen molar-refractivity contribution in [2.45, 2.75) is 39.7 Å². The fraction of sp³-hybridized carbons (Fsp3) is 0.500. The van der Waals surface area contributed by atoms with Gasteiger partial charge in [0.25, 0.3) is 5.91 Å². The molecule has 0 saturated heterocycles. The standard InChI is InChI=1S/C16H23NO4/c1-11(2)9-10-15(18)21-12(3)16(19)17-13-7-5-6-8-14(13)20-4/h5-8,11-12H,9-10H2,1-4H3,(H,17,19)/t12-/m0/s1. The molecule has 5 nitrogen and oxygen atoms in total. The molecule has 0 fully saturated rings. The highest BCUT2D eigenvalue weighted by Crippen LogP contribution is 2.23. The number of amides is 1. The van der Waals surface area contributed by atoms with Crippen molar-refractivity contribution in [2.24, 2.45) is 5.92 Å². The number of hydrogen-bond donors (Lipinski definition) is 1. The summed E-state index contributed by atoms with van der Waals surface area (Å²) >= 11 is 0. The Morgan fingerprint density at radius 3 is 2.48 bits per heavy atom. The summed E-state index contributed by atoms with van der Waals surface area (Å²) in [7, 11) is 1.53. The summed E-state index contributed by atoms with van der Waals surface area (Å²) in [5, 5.41) is 2.69. The lowest BCUT2D eigenvalue weighted by molar-refractivity contribution is -0.153. The van der Waals surface area contributed by atoms with Crippen molar-refractivity contribution in [3.63, 3.8) is 0 Å². The molecule has 1 atom stereocenters. The molecule has 0 unspecified atom stereocenters. The Labute approximate surface area is 125 Å². The molecule has 0 spiro atoms. The van der Waals surface area contributed by atoms with Crippen LogP contribution < -0.4 is 10.1 Å². The van der Waals surface area contributed by atoms with E-state index < -0.39 is 6.10 Å². The van der Waals surface area contributed by atoms with Crippen molar-refractivity contribution in [3.05, 3.63) is 24.3 Å². The molecule has 0 radical (unpaired) electrons. The molecule has 1 N–H and O–H groups in total. The van der Waals surface area contributed by atoms with Gasteiger partial charge in [-0.05, 0) is 31.4 Å². The first-order chi connectivity index (χ1) is 9.93. The molecule has 0 heterocycles. The number of methoxy groups -OCH3 is 1. The van der Waals surface area contributed by atoms with Crippen molar-refractivity contribution in [1.29, 1.82) is 0 Å². The maximum Gasteiger partial charge on any atom is 0.306 e. The molecular weight excluding hydrogens is 270 g/mol. The summed E-state index contributed by atoms with van der Waals surface area (Å²) in [6.07, 6.45) is 0.235. The molecule has 0 saturated carbocycles. The Kier molecular flexibility index (Phi) is 6.72. The molecule has 0 aliphatic heterocycles. The van der Waals surface area contributed by atoms with Crippen molar-refractivity contribution in [1.82, 2.24) is 0 Å². The predicted molar refractivity (Wildman–Crippen MR) is 81.2 cm³/mol. The normalized spacial score (nSPS) is 11.9. The second-order valence-electron chi connectivity index (χ2n) is 5.25. The van der Waals surface area contributed by atoms with Crippen molar-refractivity contribution in [3.8, 4) is 5.75 Å². The van der Waals surface area contributed by atoms with Crippen LogP contribution in [0.3, 0.4) is 0 Å². The lowest BCUT2D eigenvalue weighted by atomic mass is 10.1. The van der Waals surface area contributed by atoms with E-state index in [1.165, 1.54) is 7.11 Å². The van der Waals surface area contributed by atoms with Crippen molar-refractivity contribution >= 4 is 17.6 Å². The molecule has 1 aromatic carbocycles. The Bertz CT molecular complexity index is 485. The number of nitrogens with one attached hydrogen (secondary N) is 1. The summed E-state index contributed by atoms with van der Waals surface area (Å²) in [5.41, 5.74) is 0.551. The fourth-order valence-electron chi connectivity index (χ4n) is 1.70. The zero-order chi connectivity index (χ0) is 15.8.